The van der Waals surface area contributed by atoms with Gasteiger partial charge in [0.25, 0.3) is 0 Å². The van der Waals surface area contributed by atoms with Crippen molar-refractivity contribution in [2.24, 2.45) is 0 Å². The molecule has 0 aromatic heterocycles. The van der Waals surface area contributed by atoms with E-state index in [2.05, 4.69) is 39.3 Å². The standard InChI is InChI=1S/C15H23BrN2O/c1-18-8-4-3-5-14(18)6-7-17-13-9-12(16)10-15(11-13)19-2/h9-11,14,17H,3-8H2,1-2H3. The molecule has 2 rings (SSSR count). The van der Waals surface area contributed by atoms with Crippen molar-refractivity contribution in [3.63, 3.8) is 0 Å². The Labute approximate surface area is 124 Å². The maximum absolute atomic E-state index is 5.27. The summed E-state index contributed by atoms with van der Waals surface area (Å²) in [5, 5.41) is 3.49. The van der Waals surface area contributed by atoms with E-state index in [1.807, 2.05) is 12.1 Å². The molecular weight excluding hydrogens is 304 g/mol. The van der Waals surface area contributed by atoms with Gasteiger partial charge in [0.05, 0.1) is 7.11 Å². The van der Waals surface area contributed by atoms with Gasteiger partial charge in [0, 0.05) is 28.8 Å². The van der Waals surface area contributed by atoms with Crippen LogP contribution in [-0.2, 0) is 0 Å². The fraction of sp³-hybridized carbons (Fsp3) is 0.600. The highest BCUT2D eigenvalue weighted by Gasteiger charge is 2.17. The molecule has 0 aliphatic carbocycles. The van der Waals surface area contributed by atoms with E-state index in [0.717, 1.165) is 28.5 Å². The van der Waals surface area contributed by atoms with Crippen LogP contribution in [0, 0.1) is 0 Å². The average molecular weight is 327 g/mol. The summed E-state index contributed by atoms with van der Waals surface area (Å²) in [6.07, 6.45) is 5.26. The molecule has 4 heteroatoms. The molecule has 0 amide bonds. The van der Waals surface area contributed by atoms with Crippen molar-refractivity contribution in [2.45, 2.75) is 31.7 Å². The lowest BCUT2D eigenvalue weighted by molar-refractivity contribution is 0.179. The minimum atomic E-state index is 0.732. The number of nitrogens with one attached hydrogen (secondary N) is 1. The van der Waals surface area contributed by atoms with E-state index in [0.29, 0.717) is 0 Å². The van der Waals surface area contributed by atoms with E-state index < -0.39 is 0 Å². The zero-order chi connectivity index (χ0) is 13.7. The number of benzene rings is 1. The van der Waals surface area contributed by atoms with E-state index in [1.165, 1.54) is 32.2 Å². The largest absolute Gasteiger partial charge is 0.497 e. The van der Waals surface area contributed by atoms with Gasteiger partial charge in [-0.25, -0.2) is 0 Å². The van der Waals surface area contributed by atoms with Crippen LogP contribution < -0.4 is 10.1 Å². The second kappa shape index (κ2) is 7.15. The molecule has 19 heavy (non-hydrogen) atoms. The van der Waals surface area contributed by atoms with Crippen LogP contribution >= 0.6 is 15.9 Å². The van der Waals surface area contributed by atoms with Crippen LogP contribution in [0.5, 0.6) is 5.75 Å². The number of rotatable bonds is 5. The molecule has 1 N–H and O–H groups in total. The molecule has 3 nitrogen and oxygen atoms in total. The first-order valence-corrected chi connectivity index (χ1v) is 7.77. The number of hydrogen-bond donors (Lipinski definition) is 1. The molecule has 0 spiro atoms. The number of nitrogens with zero attached hydrogens (tertiary/aromatic N) is 1. The van der Waals surface area contributed by atoms with E-state index in [1.54, 1.807) is 7.11 Å². The molecule has 1 heterocycles. The summed E-state index contributed by atoms with van der Waals surface area (Å²) in [5.74, 6) is 0.881. The van der Waals surface area contributed by atoms with Crippen LogP contribution in [0.4, 0.5) is 5.69 Å². The highest BCUT2D eigenvalue weighted by molar-refractivity contribution is 9.10. The van der Waals surface area contributed by atoms with Crippen molar-refractivity contribution in [1.82, 2.24) is 4.90 Å². The Morgan fingerprint density at radius 1 is 1.37 bits per heavy atom. The molecule has 106 valence electrons. The molecule has 1 aliphatic rings. The van der Waals surface area contributed by atoms with E-state index >= 15 is 0 Å². The fourth-order valence-corrected chi connectivity index (χ4v) is 3.15. The highest BCUT2D eigenvalue weighted by atomic mass is 79.9. The van der Waals surface area contributed by atoms with Gasteiger partial charge < -0.3 is 15.0 Å². The molecule has 1 saturated heterocycles. The van der Waals surface area contributed by atoms with Gasteiger partial charge in [0.15, 0.2) is 0 Å². The fourth-order valence-electron chi connectivity index (χ4n) is 2.67. The summed E-state index contributed by atoms with van der Waals surface area (Å²) in [7, 11) is 3.94. The lowest BCUT2D eigenvalue weighted by Gasteiger charge is -2.32. The van der Waals surface area contributed by atoms with Crippen molar-refractivity contribution in [1.29, 1.82) is 0 Å². The zero-order valence-electron chi connectivity index (χ0n) is 11.8. The van der Waals surface area contributed by atoms with E-state index in [4.69, 9.17) is 4.74 Å². The Kier molecular flexibility index (Phi) is 5.52. The van der Waals surface area contributed by atoms with Crippen LogP contribution in [0.15, 0.2) is 22.7 Å². The second-order valence-electron chi connectivity index (χ2n) is 5.23. The van der Waals surface area contributed by atoms with Gasteiger partial charge in [-0.3, -0.25) is 0 Å². The Balaban J connectivity index is 1.83. The predicted octanol–water partition coefficient (Wildman–Crippen LogP) is 3.74. The quantitative estimate of drug-likeness (QED) is 0.891. The number of anilines is 1. The van der Waals surface area contributed by atoms with Gasteiger partial charge in [0.1, 0.15) is 5.75 Å². The Morgan fingerprint density at radius 2 is 2.21 bits per heavy atom. The number of methoxy groups -OCH3 is 1. The molecule has 0 bridgehead atoms. The van der Waals surface area contributed by atoms with Gasteiger partial charge in [-0.05, 0) is 45.0 Å². The summed E-state index contributed by atoms with van der Waals surface area (Å²) < 4.78 is 6.32. The third-order valence-electron chi connectivity index (χ3n) is 3.84. The first-order valence-electron chi connectivity index (χ1n) is 6.98. The van der Waals surface area contributed by atoms with Crippen LogP contribution in [0.2, 0.25) is 0 Å². The van der Waals surface area contributed by atoms with Crippen molar-refractivity contribution in [3.8, 4) is 5.75 Å². The monoisotopic (exact) mass is 326 g/mol. The van der Waals surface area contributed by atoms with Gasteiger partial charge in [-0.15, -0.1) is 0 Å². The van der Waals surface area contributed by atoms with Gasteiger partial charge in [-0.1, -0.05) is 22.4 Å². The summed E-state index contributed by atoms with van der Waals surface area (Å²) in [4.78, 5) is 2.49. The molecule has 1 aliphatic heterocycles. The van der Waals surface area contributed by atoms with E-state index in [9.17, 15) is 0 Å². The number of hydrogen-bond acceptors (Lipinski definition) is 3. The first-order chi connectivity index (χ1) is 9.19. The number of halogens is 1. The third-order valence-corrected chi connectivity index (χ3v) is 4.29. The maximum Gasteiger partial charge on any atom is 0.122 e. The van der Waals surface area contributed by atoms with Crippen molar-refractivity contribution in [2.75, 3.05) is 32.6 Å². The Hall–Kier alpha value is -0.740. The van der Waals surface area contributed by atoms with Crippen LogP contribution in [0.1, 0.15) is 25.7 Å². The van der Waals surface area contributed by atoms with Crippen LogP contribution in [0.3, 0.4) is 0 Å². The van der Waals surface area contributed by atoms with Gasteiger partial charge in [-0.2, -0.15) is 0 Å². The minimum absolute atomic E-state index is 0.732. The second-order valence-corrected chi connectivity index (χ2v) is 6.14. The first kappa shape index (κ1) is 14.7. The summed E-state index contributed by atoms with van der Waals surface area (Å²) in [6, 6.07) is 6.83. The summed E-state index contributed by atoms with van der Waals surface area (Å²) in [6.45, 7) is 2.25. The molecular formula is C15H23BrN2O. The molecule has 1 atom stereocenters. The normalized spacial score (nSPS) is 20.3. The number of ether oxygens (including phenoxy) is 1. The molecule has 1 aromatic carbocycles. The van der Waals surface area contributed by atoms with Gasteiger partial charge >= 0.3 is 0 Å². The topological polar surface area (TPSA) is 24.5 Å². The highest BCUT2D eigenvalue weighted by Crippen LogP contribution is 2.25. The Morgan fingerprint density at radius 3 is 2.95 bits per heavy atom. The smallest absolute Gasteiger partial charge is 0.122 e. The lowest BCUT2D eigenvalue weighted by atomic mass is 10.0. The van der Waals surface area contributed by atoms with Crippen molar-refractivity contribution < 1.29 is 4.74 Å². The van der Waals surface area contributed by atoms with Crippen molar-refractivity contribution >= 4 is 21.6 Å². The minimum Gasteiger partial charge on any atom is -0.497 e. The molecule has 1 fully saturated rings. The number of piperidine rings is 1. The maximum atomic E-state index is 5.27. The third kappa shape index (κ3) is 4.39. The zero-order valence-corrected chi connectivity index (χ0v) is 13.4. The predicted molar refractivity (Wildman–Crippen MR) is 84.1 cm³/mol. The lowest BCUT2D eigenvalue weighted by Crippen LogP contribution is -2.37. The SMILES string of the molecule is COc1cc(Br)cc(NCCC2CCCCN2C)c1. The molecule has 0 saturated carbocycles. The van der Waals surface area contributed by atoms with Gasteiger partial charge in [0.2, 0.25) is 0 Å². The Bertz CT molecular complexity index is 411. The summed E-state index contributed by atoms with van der Waals surface area (Å²) in [5.41, 5.74) is 1.12. The van der Waals surface area contributed by atoms with Crippen LogP contribution in [0.25, 0.3) is 0 Å². The number of likely N-dealkylation sites (tertiary alicyclic amines) is 1. The molecule has 0 radical (unpaired) electrons. The summed E-state index contributed by atoms with van der Waals surface area (Å²) >= 11 is 3.50. The van der Waals surface area contributed by atoms with Crippen molar-refractivity contribution in [3.05, 3.63) is 22.7 Å². The van der Waals surface area contributed by atoms with E-state index in [-0.39, 0.29) is 0 Å². The molecule has 1 unspecified atom stereocenters. The average Bonchev–Trinajstić information content (AvgIpc) is 2.40. The van der Waals surface area contributed by atoms with Crippen LogP contribution in [-0.4, -0.2) is 38.2 Å². The molecule has 1 aromatic rings.